The van der Waals surface area contributed by atoms with Gasteiger partial charge < -0.3 is 25.0 Å². The van der Waals surface area contributed by atoms with Crippen molar-refractivity contribution in [3.8, 4) is 11.5 Å². The minimum Gasteiger partial charge on any atom is -0.486 e. The average Bonchev–Trinajstić information content (AvgIpc) is 2.97. The Hall–Kier alpha value is -2.55. The van der Waals surface area contributed by atoms with Crippen LogP contribution in [-0.4, -0.2) is 64.0 Å². The lowest BCUT2D eigenvalue weighted by Gasteiger charge is -2.19. The number of pyridine rings is 1. The van der Waals surface area contributed by atoms with Crippen molar-refractivity contribution in [3.63, 3.8) is 0 Å². The zero-order valence-corrected chi connectivity index (χ0v) is 12.3. The van der Waals surface area contributed by atoms with E-state index in [4.69, 9.17) is 19.7 Å². The van der Waals surface area contributed by atoms with Crippen molar-refractivity contribution < 1.29 is 29.3 Å². The SMILES string of the molecule is O=C(O)[C@@H]1C[C@@H](NCc2cc3c(cn2)OCCO3)CN1C(=O)O. The molecular formula is C14H17N3O6. The summed E-state index contributed by atoms with van der Waals surface area (Å²) in [6.07, 6.45) is 0.592. The van der Waals surface area contributed by atoms with Crippen LogP contribution in [-0.2, 0) is 11.3 Å². The summed E-state index contributed by atoms with van der Waals surface area (Å²) < 4.78 is 10.9. The maximum Gasteiger partial charge on any atom is 0.408 e. The highest BCUT2D eigenvalue weighted by atomic mass is 16.6. The molecule has 3 rings (SSSR count). The number of nitrogens with zero attached hydrogens (tertiary/aromatic N) is 2. The van der Waals surface area contributed by atoms with Crippen LogP contribution in [0.15, 0.2) is 12.3 Å². The number of hydrogen-bond donors (Lipinski definition) is 3. The summed E-state index contributed by atoms with van der Waals surface area (Å²) in [5.41, 5.74) is 0.718. The lowest BCUT2D eigenvalue weighted by atomic mass is 10.1. The third-order valence-corrected chi connectivity index (χ3v) is 3.89. The highest BCUT2D eigenvalue weighted by Gasteiger charge is 2.39. The Balaban J connectivity index is 1.60. The van der Waals surface area contributed by atoms with E-state index >= 15 is 0 Å². The molecule has 1 aromatic rings. The van der Waals surface area contributed by atoms with E-state index in [0.717, 1.165) is 10.6 Å². The van der Waals surface area contributed by atoms with Crippen LogP contribution in [0.2, 0.25) is 0 Å². The van der Waals surface area contributed by atoms with Crippen LogP contribution in [0.3, 0.4) is 0 Å². The predicted octanol–water partition coefficient (Wildman–Crippen LogP) is 0.148. The summed E-state index contributed by atoms with van der Waals surface area (Å²) >= 11 is 0. The molecule has 0 spiro atoms. The Morgan fingerprint density at radius 3 is 2.70 bits per heavy atom. The lowest BCUT2D eigenvalue weighted by molar-refractivity contribution is -0.141. The van der Waals surface area contributed by atoms with Gasteiger partial charge in [-0.05, 0) is 6.42 Å². The standard InChI is InChI=1S/C14H17N3O6/c18-13(19)10-3-9(7-17(10)14(20)21)15-5-8-4-11-12(6-16-8)23-2-1-22-11/h4,6,9-10,15H,1-3,5,7H2,(H,18,19)(H,20,21)/t9-,10+/m1/s1. The minimum absolute atomic E-state index is 0.136. The number of likely N-dealkylation sites (tertiary alicyclic amines) is 1. The van der Waals surface area contributed by atoms with E-state index in [9.17, 15) is 9.59 Å². The van der Waals surface area contributed by atoms with Crippen molar-refractivity contribution in [1.82, 2.24) is 15.2 Å². The summed E-state index contributed by atoms with van der Waals surface area (Å²) in [5, 5.41) is 21.3. The van der Waals surface area contributed by atoms with Crippen molar-refractivity contribution >= 4 is 12.1 Å². The smallest absolute Gasteiger partial charge is 0.408 e. The highest BCUT2D eigenvalue weighted by Crippen LogP contribution is 2.29. The van der Waals surface area contributed by atoms with Crippen molar-refractivity contribution in [2.45, 2.75) is 25.0 Å². The van der Waals surface area contributed by atoms with E-state index in [0.29, 0.717) is 31.3 Å². The predicted molar refractivity (Wildman–Crippen MR) is 76.6 cm³/mol. The molecule has 1 saturated heterocycles. The van der Waals surface area contributed by atoms with E-state index in [1.165, 1.54) is 0 Å². The lowest BCUT2D eigenvalue weighted by Crippen LogP contribution is -2.40. The molecule has 2 aliphatic heterocycles. The molecule has 0 aliphatic carbocycles. The number of nitrogens with one attached hydrogen (secondary N) is 1. The third kappa shape index (κ3) is 3.29. The van der Waals surface area contributed by atoms with E-state index in [2.05, 4.69) is 10.3 Å². The molecule has 1 fully saturated rings. The number of hydrogen-bond acceptors (Lipinski definition) is 6. The van der Waals surface area contributed by atoms with Crippen molar-refractivity contribution in [2.24, 2.45) is 0 Å². The van der Waals surface area contributed by atoms with Gasteiger partial charge in [-0.2, -0.15) is 0 Å². The zero-order chi connectivity index (χ0) is 16.4. The van der Waals surface area contributed by atoms with Gasteiger partial charge in [0, 0.05) is 25.2 Å². The van der Waals surface area contributed by atoms with Gasteiger partial charge in [0.25, 0.3) is 0 Å². The number of aromatic nitrogens is 1. The second kappa shape index (κ2) is 6.29. The first-order valence-corrected chi connectivity index (χ1v) is 7.25. The quantitative estimate of drug-likeness (QED) is 0.716. The number of aliphatic carboxylic acids is 1. The monoisotopic (exact) mass is 323 g/mol. The molecule has 0 aromatic carbocycles. The molecule has 2 aliphatic rings. The largest absolute Gasteiger partial charge is 0.486 e. The van der Waals surface area contributed by atoms with Crippen LogP contribution in [0.5, 0.6) is 11.5 Å². The van der Waals surface area contributed by atoms with Crippen molar-refractivity contribution in [2.75, 3.05) is 19.8 Å². The maximum atomic E-state index is 11.1. The maximum absolute atomic E-state index is 11.1. The fourth-order valence-electron chi connectivity index (χ4n) is 2.76. The van der Waals surface area contributed by atoms with Gasteiger partial charge in [0.05, 0.1) is 11.9 Å². The number of ether oxygens (including phenoxy) is 2. The number of fused-ring (bicyclic) bond motifs is 1. The van der Waals surface area contributed by atoms with Crippen LogP contribution >= 0.6 is 0 Å². The number of carboxylic acid groups (broad SMARTS) is 2. The first kappa shape index (κ1) is 15.3. The first-order valence-electron chi connectivity index (χ1n) is 7.25. The van der Waals surface area contributed by atoms with Crippen LogP contribution in [0.25, 0.3) is 0 Å². The molecule has 0 radical (unpaired) electrons. The van der Waals surface area contributed by atoms with Crippen molar-refractivity contribution in [1.29, 1.82) is 0 Å². The van der Waals surface area contributed by atoms with Crippen molar-refractivity contribution in [3.05, 3.63) is 18.0 Å². The molecule has 3 N–H and O–H groups in total. The zero-order valence-electron chi connectivity index (χ0n) is 12.3. The summed E-state index contributed by atoms with van der Waals surface area (Å²) in [5.74, 6) is 0.100. The average molecular weight is 323 g/mol. The molecule has 124 valence electrons. The van der Waals surface area contributed by atoms with Crippen LogP contribution in [0, 0.1) is 0 Å². The number of carbonyl (C=O) groups is 2. The highest BCUT2D eigenvalue weighted by molar-refractivity contribution is 5.80. The van der Waals surface area contributed by atoms with E-state index in [-0.39, 0.29) is 19.0 Å². The van der Waals surface area contributed by atoms with Gasteiger partial charge in [0.15, 0.2) is 11.5 Å². The number of carboxylic acids is 1. The molecular weight excluding hydrogens is 306 g/mol. The molecule has 1 aromatic heterocycles. The van der Waals surface area contributed by atoms with E-state index in [1.54, 1.807) is 12.3 Å². The summed E-state index contributed by atoms with van der Waals surface area (Å²) in [6, 6.07) is 0.514. The van der Waals surface area contributed by atoms with Crippen LogP contribution in [0.1, 0.15) is 12.1 Å². The molecule has 9 nitrogen and oxygen atoms in total. The fraction of sp³-hybridized carbons (Fsp3) is 0.500. The Morgan fingerprint density at radius 2 is 2.04 bits per heavy atom. The molecule has 9 heteroatoms. The second-order valence-corrected chi connectivity index (χ2v) is 5.42. The molecule has 3 heterocycles. The Kier molecular flexibility index (Phi) is 4.20. The van der Waals surface area contributed by atoms with Gasteiger partial charge in [0.2, 0.25) is 0 Å². The Labute approximate surface area is 131 Å². The topological polar surface area (TPSA) is 121 Å². The van der Waals surface area contributed by atoms with E-state index < -0.39 is 18.1 Å². The molecule has 1 amide bonds. The van der Waals surface area contributed by atoms with Crippen LogP contribution in [0.4, 0.5) is 4.79 Å². The van der Waals surface area contributed by atoms with Gasteiger partial charge in [-0.3, -0.25) is 9.88 Å². The molecule has 0 saturated carbocycles. The second-order valence-electron chi connectivity index (χ2n) is 5.42. The first-order chi connectivity index (χ1) is 11.0. The number of rotatable bonds is 4. The molecule has 23 heavy (non-hydrogen) atoms. The molecule has 2 atom stereocenters. The normalized spacial score (nSPS) is 22.9. The van der Waals surface area contributed by atoms with Gasteiger partial charge in [-0.1, -0.05) is 0 Å². The third-order valence-electron chi connectivity index (χ3n) is 3.89. The van der Waals surface area contributed by atoms with Gasteiger partial charge in [0.1, 0.15) is 19.3 Å². The molecule has 0 unspecified atom stereocenters. The fourth-order valence-corrected chi connectivity index (χ4v) is 2.76. The molecule has 0 bridgehead atoms. The Bertz CT molecular complexity index is 601. The Morgan fingerprint density at radius 1 is 1.30 bits per heavy atom. The number of amides is 1. The van der Waals surface area contributed by atoms with Gasteiger partial charge in [-0.15, -0.1) is 0 Å². The van der Waals surface area contributed by atoms with Gasteiger partial charge >= 0.3 is 12.1 Å². The van der Waals surface area contributed by atoms with Gasteiger partial charge in [-0.25, -0.2) is 9.59 Å². The summed E-state index contributed by atoms with van der Waals surface area (Å²) in [4.78, 5) is 27.4. The summed E-state index contributed by atoms with van der Waals surface area (Å²) in [7, 11) is 0. The van der Waals surface area contributed by atoms with Crippen LogP contribution < -0.4 is 14.8 Å². The summed E-state index contributed by atoms with van der Waals surface area (Å²) in [6.45, 7) is 1.51. The van der Waals surface area contributed by atoms with E-state index in [1.807, 2.05) is 0 Å². The minimum atomic E-state index is -1.22.